The molecule has 2 heterocycles. The standard InChI is InChI=1S/C20H29FN6O.HI/c1-3-19-25-24-15-27(19)11-10-22-20(23-13-18-5-4-12-28-18)26(2)14-16-6-8-17(21)9-7-16;/h6-9,15,18H,3-5,10-14H2,1-2H3,(H,22,23);1H. The van der Waals surface area contributed by atoms with Gasteiger partial charge in [0.15, 0.2) is 5.96 Å². The summed E-state index contributed by atoms with van der Waals surface area (Å²) in [6, 6.07) is 6.57. The van der Waals surface area contributed by atoms with Gasteiger partial charge in [-0.25, -0.2) is 4.39 Å². The second-order valence-corrected chi connectivity index (χ2v) is 7.00. The van der Waals surface area contributed by atoms with Crippen molar-refractivity contribution >= 4 is 29.9 Å². The van der Waals surface area contributed by atoms with Crippen LogP contribution in [-0.2, 0) is 24.2 Å². The summed E-state index contributed by atoms with van der Waals surface area (Å²) in [5.41, 5.74) is 1.03. The number of nitrogens with one attached hydrogen (secondary N) is 1. The molecule has 9 heteroatoms. The number of guanidine groups is 1. The van der Waals surface area contributed by atoms with Crippen molar-refractivity contribution in [2.24, 2.45) is 4.99 Å². The SMILES string of the molecule is CCc1nncn1CCNC(=NCC1CCCO1)N(C)Cc1ccc(F)cc1.I. The van der Waals surface area contributed by atoms with Gasteiger partial charge in [0.2, 0.25) is 0 Å². The van der Waals surface area contributed by atoms with Crippen molar-refractivity contribution in [2.75, 3.05) is 26.7 Å². The number of hydrogen-bond donors (Lipinski definition) is 1. The molecule has 0 saturated carbocycles. The minimum absolute atomic E-state index is 0. The number of rotatable bonds is 8. The first-order chi connectivity index (χ1) is 13.7. The van der Waals surface area contributed by atoms with Gasteiger partial charge in [-0.3, -0.25) is 4.99 Å². The van der Waals surface area contributed by atoms with Gasteiger partial charge in [-0.05, 0) is 30.5 Å². The van der Waals surface area contributed by atoms with E-state index in [1.807, 2.05) is 11.6 Å². The van der Waals surface area contributed by atoms with E-state index in [-0.39, 0.29) is 35.9 Å². The Hall–Kier alpha value is -1.75. The Kier molecular flexibility index (Phi) is 9.79. The molecule has 1 unspecified atom stereocenters. The highest BCUT2D eigenvalue weighted by Crippen LogP contribution is 2.12. The zero-order chi connectivity index (χ0) is 19.8. The third-order valence-electron chi connectivity index (χ3n) is 4.81. The quantitative estimate of drug-likeness (QED) is 0.332. The Morgan fingerprint density at radius 2 is 2.17 bits per heavy atom. The van der Waals surface area contributed by atoms with Crippen molar-refractivity contribution < 1.29 is 9.13 Å². The van der Waals surface area contributed by atoms with Crippen molar-refractivity contribution in [1.82, 2.24) is 25.0 Å². The van der Waals surface area contributed by atoms with E-state index in [2.05, 4.69) is 27.3 Å². The molecule has 29 heavy (non-hydrogen) atoms. The van der Waals surface area contributed by atoms with E-state index < -0.39 is 0 Å². The van der Waals surface area contributed by atoms with Gasteiger partial charge in [0.1, 0.15) is 18.0 Å². The lowest BCUT2D eigenvalue weighted by atomic mass is 10.2. The largest absolute Gasteiger partial charge is 0.376 e. The topological polar surface area (TPSA) is 67.6 Å². The number of aliphatic imine (C=N–C) groups is 1. The molecule has 0 spiro atoms. The molecule has 1 saturated heterocycles. The zero-order valence-corrected chi connectivity index (χ0v) is 19.4. The molecule has 0 aliphatic carbocycles. The van der Waals surface area contributed by atoms with Crippen molar-refractivity contribution in [3.63, 3.8) is 0 Å². The number of hydrogen-bond acceptors (Lipinski definition) is 4. The number of benzene rings is 1. The predicted molar refractivity (Wildman–Crippen MR) is 122 cm³/mol. The predicted octanol–water partition coefficient (Wildman–Crippen LogP) is 2.85. The van der Waals surface area contributed by atoms with Crippen LogP contribution >= 0.6 is 24.0 Å². The molecule has 3 rings (SSSR count). The molecule has 1 aliphatic rings. The number of aryl methyl sites for hydroxylation is 1. The van der Waals surface area contributed by atoms with Crippen LogP contribution in [0.2, 0.25) is 0 Å². The molecule has 0 radical (unpaired) electrons. The molecule has 1 atom stereocenters. The number of aromatic nitrogens is 3. The maximum Gasteiger partial charge on any atom is 0.194 e. The van der Waals surface area contributed by atoms with E-state index in [1.165, 1.54) is 12.1 Å². The molecule has 2 aromatic rings. The minimum atomic E-state index is -0.225. The van der Waals surface area contributed by atoms with Crippen LogP contribution in [0.3, 0.4) is 0 Å². The van der Waals surface area contributed by atoms with Crippen molar-refractivity contribution in [3.8, 4) is 0 Å². The van der Waals surface area contributed by atoms with Crippen molar-refractivity contribution in [1.29, 1.82) is 0 Å². The van der Waals surface area contributed by atoms with Crippen LogP contribution in [0.25, 0.3) is 0 Å². The normalized spacial score (nSPS) is 16.5. The highest BCUT2D eigenvalue weighted by molar-refractivity contribution is 14.0. The molecular weight excluding hydrogens is 486 g/mol. The highest BCUT2D eigenvalue weighted by Gasteiger charge is 2.16. The first-order valence-corrected chi connectivity index (χ1v) is 9.88. The molecule has 1 fully saturated rings. The number of halogens is 2. The average Bonchev–Trinajstić information content (AvgIpc) is 3.37. The maximum absolute atomic E-state index is 13.2. The van der Waals surface area contributed by atoms with Crippen LogP contribution in [0.1, 0.15) is 31.2 Å². The molecule has 1 N–H and O–H groups in total. The Bertz CT molecular complexity index is 761. The van der Waals surface area contributed by atoms with Crippen LogP contribution < -0.4 is 5.32 Å². The van der Waals surface area contributed by atoms with Gasteiger partial charge in [-0.1, -0.05) is 19.1 Å². The summed E-state index contributed by atoms with van der Waals surface area (Å²) in [4.78, 5) is 6.82. The van der Waals surface area contributed by atoms with Crippen LogP contribution in [0.15, 0.2) is 35.6 Å². The molecule has 1 aromatic carbocycles. The summed E-state index contributed by atoms with van der Waals surface area (Å²) in [5, 5.41) is 11.5. The van der Waals surface area contributed by atoms with E-state index in [0.29, 0.717) is 19.6 Å². The minimum Gasteiger partial charge on any atom is -0.376 e. The summed E-state index contributed by atoms with van der Waals surface area (Å²) < 4.78 is 20.9. The van der Waals surface area contributed by atoms with Gasteiger partial charge in [0.05, 0.1) is 12.6 Å². The van der Waals surface area contributed by atoms with Crippen LogP contribution in [0.4, 0.5) is 4.39 Å². The first-order valence-electron chi connectivity index (χ1n) is 9.88. The average molecular weight is 516 g/mol. The van der Waals surface area contributed by atoms with Gasteiger partial charge in [0, 0.05) is 39.7 Å². The fourth-order valence-corrected chi connectivity index (χ4v) is 3.25. The molecule has 1 aliphatic heterocycles. The molecular formula is C20H30FIN6O. The second-order valence-electron chi connectivity index (χ2n) is 7.00. The van der Waals surface area contributed by atoms with Gasteiger partial charge < -0.3 is 19.5 Å². The van der Waals surface area contributed by atoms with Gasteiger partial charge in [-0.2, -0.15) is 0 Å². The fraction of sp³-hybridized carbons (Fsp3) is 0.550. The lowest BCUT2D eigenvalue weighted by Crippen LogP contribution is -2.40. The van der Waals surface area contributed by atoms with E-state index >= 15 is 0 Å². The van der Waals surface area contributed by atoms with E-state index in [4.69, 9.17) is 9.73 Å². The summed E-state index contributed by atoms with van der Waals surface area (Å²) in [5.74, 6) is 1.56. The maximum atomic E-state index is 13.2. The van der Waals surface area contributed by atoms with E-state index in [0.717, 1.165) is 49.8 Å². The lowest BCUT2D eigenvalue weighted by Gasteiger charge is -2.23. The third-order valence-corrected chi connectivity index (χ3v) is 4.81. The highest BCUT2D eigenvalue weighted by atomic mass is 127. The van der Waals surface area contributed by atoms with Crippen LogP contribution in [-0.4, -0.2) is 58.5 Å². The van der Waals surface area contributed by atoms with E-state index in [1.54, 1.807) is 18.5 Å². The number of nitrogens with zero attached hydrogens (tertiary/aromatic N) is 5. The monoisotopic (exact) mass is 516 g/mol. The molecule has 1 aromatic heterocycles. The Morgan fingerprint density at radius 3 is 2.86 bits per heavy atom. The summed E-state index contributed by atoms with van der Waals surface area (Å²) in [7, 11) is 1.99. The second kappa shape index (κ2) is 12.1. The van der Waals surface area contributed by atoms with Crippen LogP contribution in [0.5, 0.6) is 0 Å². The fourth-order valence-electron chi connectivity index (χ4n) is 3.25. The Labute approximate surface area is 188 Å². The Balaban J connectivity index is 0.00000300. The third kappa shape index (κ3) is 7.22. The molecule has 7 nitrogen and oxygen atoms in total. The summed E-state index contributed by atoms with van der Waals surface area (Å²) in [6.07, 6.45) is 4.96. The van der Waals surface area contributed by atoms with Gasteiger partial charge >= 0.3 is 0 Å². The zero-order valence-electron chi connectivity index (χ0n) is 17.1. The Morgan fingerprint density at radius 1 is 1.38 bits per heavy atom. The summed E-state index contributed by atoms with van der Waals surface area (Å²) in [6.45, 7) is 5.65. The van der Waals surface area contributed by atoms with Crippen LogP contribution in [0, 0.1) is 5.82 Å². The smallest absolute Gasteiger partial charge is 0.194 e. The van der Waals surface area contributed by atoms with Gasteiger partial charge in [0.25, 0.3) is 0 Å². The van der Waals surface area contributed by atoms with Crippen molar-refractivity contribution in [3.05, 3.63) is 47.8 Å². The van der Waals surface area contributed by atoms with Gasteiger partial charge in [-0.15, -0.1) is 34.2 Å². The molecule has 0 bridgehead atoms. The van der Waals surface area contributed by atoms with Crippen molar-refractivity contribution in [2.45, 2.75) is 45.4 Å². The molecule has 0 amide bonds. The summed E-state index contributed by atoms with van der Waals surface area (Å²) >= 11 is 0. The molecule has 160 valence electrons. The first kappa shape index (κ1) is 23.5. The lowest BCUT2D eigenvalue weighted by molar-refractivity contribution is 0.117. The number of ether oxygens (including phenoxy) is 1. The van der Waals surface area contributed by atoms with E-state index in [9.17, 15) is 4.39 Å².